The minimum absolute atomic E-state index is 0.214. The number of nitrogens with zero attached hydrogens (tertiary/aromatic N) is 2. The number of piperazine rings is 1. The molecule has 0 saturated carbocycles. The van der Waals surface area contributed by atoms with Crippen LogP contribution in [-0.4, -0.2) is 67.8 Å². The minimum Gasteiger partial charge on any atom is -0.340 e. The van der Waals surface area contributed by atoms with E-state index in [4.69, 9.17) is 0 Å². The summed E-state index contributed by atoms with van der Waals surface area (Å²) in [6, 6.07) is 0. The number of rotatable bonds is 8. The molecular formula is C14H27N3O2. The van der Waals surface area contributed by atoms with Gasteiger partial charge in [-0.3, -0.25) is 9.69 Å². The van der Waals surface area contributed by atoms with Crippen LogP contribution in [-0.2, 0) is 9.59 Å². The maximum absolute atomic E-state index is 12.0. The summed E-state index contributed by atoms with van der Waals surface area (Å²) < 4.78 is 0. The van der Waals surface area contributed by atoms with Gasteiger partial charge in [-0.1, -0.05) is 0 Å². The largest absolute Gasteiger partial charge is 0.340 e. The van der Waals surface area contributed by atoms with Crippen molar-refractivity contribution in [3.8, 4) is 0 Å². The van der Waals surface area contributed by atoms with Gasteiger partial charge in [0, 0.05) is 52.1 Å². The zero-order chi connectivity index (χ0) is 14.1. The molecule has 110 valence electrons. The number of carbonyl (C=O) groups is 2. The van der Waals surface area contributed by atoms with Gasteiger partial charge in [0.15, 0.2) is 0 Å². The number of hydrogen-bond acceptors (Lipinski definition) is 4. The molecule has 0 unspecified atom stereocenters. The predicted molar refractivity (Wildman–Crippen MR) is 76.1 cm³/mol. The Morgan fingerprint density at radius 3 is 2.26 bits per heavy atom. The smallest absolute Gasteiger partial charge is 0.222 e. The molecule has 1 heterocycles. The van der Waals surface area contributed by atoms with Gasteiger partial charge >= 0.3 is 0 Å². The Labute approximate surface area is 116 Å². The lowest BCUT2D eigenvalue weighted by Gasteiger charge is -2.34. The van der Waals surface area contributed by atoms with E-state index < -0.39 is 0 Å². The molecule has 0 aliphatic carbocycles. The highest BCUT2D eigenvalue weighted by molar-refractivity contribution is 5.77. The van der Waals surface area contributed by atoms with Crippen molar-refractivity contribution in [3.05, 3.63) is 0 Å². The fourth-order valence-electron chi connectivity index (χ4n) is 2.30. The van der Waals surface area contributed by atoms with Gasteiger partial charge in [-0.15, -0.1) is 0 Å². The van der Waals surface area contributed by atoms with Crippen LogP contribution in [0.2, 0.25) is 0 Å². The van der Waals surface area contributed by atoms with Crippen molar-refractivity contribution in [3.63, 3.8) is 0 Å². The normalized spacial score (nSPS) is 16.6. The molecule has 1 amide bonds. The van der Waals surface area contributed by atoms with E-state index in [0.29, 0.717) is 12.8 Å². The Bertz CT molecular complexity index is 286. The van der Waals surface area contributed by atoms with E-state index in [1.807, 2.05) is 11.9 Å². The van der Waals surface area contributed by atoms with Gasteiger partial charge in [-0.2, -0.15) is 0 Å². The highest BCUT2D eigenvalue weighted by Crippen LogP contribution is 2.07. The number of amides is 1. The highest BCUT2D eigenvalue weighted by Gasteiger charge is 2.19. The molecule has 0 radical (unpaired) electrons. The SMILES string of the molecule is CNCCN1CCN(C(=O)CCCCC(C)=O)CC1. The first kappa shape index (κ1) is 16.1. The quantitative estimate of drug-likeness (QED) is 0.652. The van der Waals surface area contributed by atoms with Crippen LogP contribution in [0.5, 0.6) is 0 Å². The van der Waals surface area contributed by atoms with E-state index >= 15 is 0 Å². The average molecular weight is 269 g/mol. The summed E-state index contributed by atoms with van der Waals surface area (Å²) in [4.78, 5) is 27.1. The third-order valence-electron chi connectivity index (χ3n) is 3.57. The first-order valence-electron chi connectivity index (χ1n) is 7.27. The number of ketones is 1. The highest BCUT2D eigenvalue weighted by atomic mass is 16.2. The van der Waals surface area contributed by atoms with Crippen molar-refractivity contribution < 1.29 is 9.59 Å². The molecule has 5 nitrogen and oxygen atoms in total. The lowest BCUT2D eigenvalue weighted by molar-refractivity contribution is -0.133. The number of carbonyl (C=O) groups excluding carboxylic acids is 2. The summed E-state index contributed by atoms with van der Waals surface area (Å²) in [5.74, 6) is 0.461. The molecule has 0 aromatic carbocycles. The molecule has 0 spiro atoms. The fourth-order valence-corrected chi connectivity index (χ4v) is 2.30. The zero-order valence-electron chi connectivity index (χ0n) is 12.3. The molecule has 19 heavy (non-hydrogen) atoms. The van der Waals surface area contributed by atoms with Gasteiger partial charge in [0.2, 0.25) is 5.91 Å². The van der Waals surface area contributed by atoms with Gasteiger partial charge in [0.25, 0.3) is 0 Å². The van der Waals surface area contributed by atoms with Crippen LogP contribution in [0.3, 0.4) is 0 Å². The van der Waals surface area contributed by atoms with Crippen LogP contribution in [0.4, 0.5) is 0 Å². The second-order valence-electron chi connectivity index (χ2n) is 5.24. The van der Waals surface area contributed by atoms with Gasteiger partial charge in [0.1, 0.15) is 5.78 Å². The average Bonchev–Trinajstić information content (AvgIpc) is 2.41. The number of nitrogens with one attached hydrogen (secondary N) is 1. The van der Waals surface area contributed by atoms with Crippen LogP contribution in [0, 0.1) is 0 Å². The van der Waals surface area contributed by atoms with Crippen molar-refractivity contribution in [1.82, 2.24) is 15.1 Å². The van der Waals surface area contributed by atoms with Crippen molar-refractivity contribution in [2.45, 2.75) is 32.6 Å². The molecule has 1 N–H and O–H groups in total. The lowest BCUT2D eigenvalue weighted by Crippen LogP contribution is -2.49. The number of hydrogen-bond donors (Lipinski definition) is 1. The summed E-state index contributed by atoms with van der Waals surface area (Å²) in [5.41, 5.74) is 0. The summed E-state index contributed by atoms with van der Waals surface area (Å²) in [6.07, 6.45) is 2.86. The first-order valence-corrected chi connectivity index (χ1v) is 7.27. The van der Waals surface area contributed by atoms with Gasteiger partial charge in [0.05, 0.1) is 0 Å². The molecule has 0 aromatic heterocycles. The van der Waals surface area contributed by atoms with Crippen LogP contribution < -0.4 is 5.32 Å². The van der Waals surface area contributed by atoms with Crippen LogP contribution in [0.1, 0.15) is 32.6 Å². The molecular weight excluding hydrogens is 242 g/mol. The van der Waals surface area contributed by atoms with Crippen LogP contribution in [0.25, 0.3) is 0 Å². The van der Waals surface area contributed by atoms with E-state index in [1.54, 1.807) is 6.92 Å². The predicted octanol–water partition coefficient (Wildman–Crippen LogP) is 0.499. The van der Waals surface area contributed by atoms with E-state index in [0.717, 1.165) is 52.1 Å². The third kappa shape index (κ3) is 6.68. The van der Waals surface area contributed by atoms with Crippen LogP contribution >= 0.6 is 0 Å². The maximum atomic E-state index is 12.0. The number of Topliss-reactive ketones (excluding diaryl/α,β-unsaturated/α-hetero) is 1. The van der Waals surface area contributed by atoms with Crippen LogP contribution in [0.15, 0.2) is 0 Å². The molecule has 0 atom stereocenters. The standard InChI is InChI=1S/C14H27N3O2/c1-13(18)5-3-4-6-14(19)17-11-9-16(10-12-17)8-7-15-2/h15H,3-12H2,1-2H3. The van der Waals surface area contributed by atoms with E-state index in [1.165, 1.54) is 0 Å². The summed E-state index contributed by atoms with van der Waals surface area (Å²) in [6.45, 7) is 7.29. The minimum atomic E-state index is 0.214. The van der Waals surface area contributed by atoms with Gasteiger partial charge < -0.3 is 15.0 Å². The molecule has 1 aliphatic rings. The molecule has 1 saturated heterocycles. The molecule has 1 aliphatic heterocycles. The molecule has 5 heteroatoms. The summed E-state index contributed by atoms with van der Waals surface area (Å²) >= 11 is 0. The van der Waals surface area contributed by atoms with Crippen molar-refractivity contribution in [2.75, 3.05) is 46.3 Å². The monoisotopic (exact) mass is 269 g/mol. The fraction of sp³-hybridized carbons (Fsp3) is 0.857. The molecule has 1 fully saturated rings. The Balaban J connectivity index is 2.12. The molecule has 0 bridgehead atoms. The maximum Gasteiger partial charge on any atom is 0.222 e. The number of unbranched alkanes of at least 4 members (excludes halogenated alkanes) is 1. The first-order chi connectivity index (χ1) is 9.13. The van der Waals surface area contributed by atoms with Crippen molar-refractivity contribution in [1.29, 1.82) is 0 Å². The second-order valence-corrected chi connectivity index (χ2v) is 5.24. The van der Waals surface area contributed by atoms with Gasteiger partial charge in [-0.25, -0.2) is 0 Å². The van der Waals surface area contributed by atoms with Crippen molar-refractivity contribution in [2.24, 2.45) is 0 Å². The lowest BCUT2D eigenvalue weighted by atomic mass is 10.1. The Kier molecular flexibility index (Phi) is 7.67. The van der Waals surface area contributed by atoms with E-state index in [-0.39, 0.29) is 11.7 Å². The Hall–Kier alpha value is -0.940. The molecule has 0 aromatic rings. The summed E-state index contributed by atoms with van der Waals surface area (Å²) in [5, 5.41) is 3.14. The zero-order valence-corrected chi connectivity index (χ0v) is 12.3. The molecule has 1 rings (SSSR count). The number of likely N-dealkylation sites (N-methyl/N-ethyl adjacent to an activating group) is 1. The Morgan fingerprint density at radius 2 is 1.68 bits per heavy atom. The van der Waals surface area contributed by atoms with Crippen molar-refractivity contribution >= 4 is 11.7 Å². The van der Waals surface area contributed by atoms with E-state index in [2.05, 4.69) is 10.2 Å². The second kappa shape index (κ2) is 9.04. The van der Waals surface area contributed by atoms with Gasteiger partial charge in [-0.05, 0) is 26.8 Å². The van der Waals surface area contributed by atoms with E-state index in [9.17, 15) is 9.59 Å². The third-order valence-corrected chi connectivity index (χ3v) is 3.57. The summed E-state index contributed by atoms with van der Waals surface area (Å²) in [7, 11) is 1.96. The Morgan fingerprint density at radius 1 is 1.05 bits per heavy atom. The topological polar surface area (TPSA) is 52.6 Å².